The van der Waals surface area contributed by atoms with Crippen LogP contribution in [-0.4, -0.2) is 87.2 Å². The van der Waals surface area contributed by atoms with Crippen LogP contribution in [0.4, 0.5) is 0 Å². The highest BCUT2D eigenvalue weighted by Gasteiger charge is 2.69. The summed E-state index contributed by atoms with van der Waals surface area (Å²) in [6.45, 7) is 7.10. The lowest BCUT2D eigenvalue weighted by molar-refractivity contribution is -0.296. The fourth-order valence-corrected chi connectivity index (χ4v) is 8.49. The Balaban J connectivity index is 1.47. The van der Waals surface area contributed by atoms with Gasteiger partial charge in [-0.1, -0.05) is 68.4 Å². The highest BCUT2D eigenvalue weighted by molar-refractivity contribution is 5.90. The first-order chi connectivity index (χ1) is 25.1. The van der Waals surface area contributed by atoms with Crippen LogP contribution in [0.2, 0.25) is 0 Å². The lowest BCUT2D eigenvalue weighted by atomic mass is 9.53. The largest absolute Gasteiger partial charge is 0.509 e. The maximum atomic E-state index is 14.0. The average Bonchev–Trinajstić information content (AvgIpc) is 3.13. The molecule has 4 N–H and O–H groups in total. The van der Waals surface area contributed by atoms with Gasteiger partial charge in [0.25, 0.3) is 0 Å². The molecule has 6 rings (SSSR count). The summed E-state index contributed by atoms with van der Waals surface area (Å²) in [6, 6.07) is 21.7. The minimum absolute atomic E-state index is 0.00951. The number of hydrogen-bond donors (Lipinski definition) is 4. The third kappa shape index (κ3) is 6.67. The van der Waals surface area contributed by atoms with E-state index in [0.29, 0.717) is 5.57 Å². The summed E-state index contributed by atoms with van der Waals surface area (Å²) in [5, 5.41) is 49.0. The van der Waals surface area contributed by atoms with E-state index in [1.165, 1.54) is 19.9 Å². The number of aliphatic hydroxyl groups is 4. The smallest absolute Gasteiger partial charge is 0.338 e. The number of aliphatic hydroxyl groups excluding tert-OH is 3. The quantitative estimate of drug-likeness (QED) is 0.0968. The van der Waals surface area contributed by atoms with Gasteiger partial charge in [0.15, 0.2) is 5.60 Å². The highest BCUT2D eigenvalue weighted by atomic mass is 16.6. The molecule has 1 aliphatic heterocycles. The molecule has 0 spiro atoms. The predicted octanol–water partition coefficient (Wildman–Crippen LogP) is 5.37. The Hall–Kier alpha value is -4.81. The van der Waals surface area contributed by atoms with E-state index in [0.717, 1.165) is 16.3 Å². The lowest BCUT2D eigenvalue weighted by Gasteiger charge is -2.61. The Morgan fingerprint density at radius 3 is 2.26 bits per heavy atom. The van der Waals surface area contributed by atoms with Crippen molar-refractivity contribution in [2.24, 2.45) is 11.3 Å². The van der Waals surface area contributed by atoms with Crippen LogP contribution in [0.1, 0.15) is 63.4 Å². The number of fused-ring (bicyclic) bond motifs is 3. The van der Waals surface area contributed by atoms with Crippen LogP contribution in [0, 0.1) is 11.3 Å². The molecule has 2 bridgehead atoms. The van der Waals surface area contributed by atoms with Gasteiger partial charge in [0.05, 0.1) is 18.1 Å². The minimum atomic E-state index is -2.13. The first-order valence-corrected chi connectivity index (χ1v) is 17.7. The summed E-state index contributed by atoms with van der Waals surface area (Å²) in [5.41, 5.74) is -3.61. The zero-order valence-corrected chi connectivity index (χ0v) is 30.4. The van der Waals surface area contributed by atoms with Gasteiger partial charge in [-0.2, -0.15) is 0 Å². The van der Waals surface area contributed by atoms with Gasteiger partial charge in [-0.3, -0.25) is 4.79 Å². The average molecular weight is 727 g/mol. The molecule has 3 aromatic carbocycles. The van der Waals surface area contributed by atoms with Gasteiger partial charge < -0.3 is 39.4 Å². The second-order valence-electron chi connectivity index (χ2n) is 14.7. The molecule has 11 heteroatoms. The van der Waals surface area contributed by atoms with Crippen LogP contribution in [0.15, 0.2) is 101 Å². The van der Waals surface area contributed by atoms with Crippen molar-refractivity contribution in [3.63, 3.8) is 0 Å². The summed E-state index contributed by atoms with van der Waals surface area (Å²) in [4.78, 5) is 40.2. The maximum absolute atomic E-state index is 14.0. The first-order valence-electron chi connectivity index (χ1n) is 17.7. The van der Waals surface area contributed by atoms with E-state index in [1.54, 1.807) is 57.2 Å². The zero-order chi connectivity index (χ0) is 38.3. The molecule has 3 aliphatic rings. The fraction of sp³-hybridized carbons (Fsp3) is 0.405. The monoisotopic (exact) mass is 726 g/mol. The van der Waals surface area contributed by atoms with E-state index >= 15 is 0 Å². The summed E-state index contributed by atoms with van der Waals surface area (Å²) in [6.07, 6.45) is -2.74. The van der Waals surface area contributed by atoms with E-state index in [-0.39, 0.29) is 42.8 Å². The van der Waals surface area contributed by atoms with Crippen molar-refractivity contribution in [2.45, 2.75) is 83.1 Å². The molecule has 1 fully saturated rings. The third-order valence-electron chi connectivity index (χ3n) is 11.3. The van der Waals surface area contributed by atoms with Gasteiger partial charge in [-0.15, -0.1) is 0 Å². The SMILES string of the molecule is CC(=O)O[C@@]1([C@@H]2/C(C)=C(/O)[C@H](O)C3=C(C)[C@@H](OC(=O)/C=C/c4ccc5ccccc5c4)C[C@@](O)([C@H]2OC(=O)c2ccccc2)C3(C)C)COC1CCO. The molecule has 3 aromatic rings. The van der Waals surface area contributed by atoms with Crippen LogP contribution >= 0.6 is 0 Å². The Kier molecular flexibility index (Phi) is 10.4. The molecule has 2 aliphatic carbocycles. The molecule has 53 heavy (non-hydrogen) atoms. The van der Waals surface area contributed by atoms with Gasteiger partial charge in [0.2, 0.25) is 0 Å². The van der Waals surface area contributed by atoms with Crippen LogP contribution in [0.25, 0.3) is 16.8 Å². The number of rotatable bonds is 9. The molecule has 280 valence electrons. The molecule has 11 nitrogen and oxygen atoms in total. The number of ether oxygens (including phenoxy) is 4. The van der Waals surface area contributed by atoms with Crippen LogP contribution in [0.5, 0.6) is 0 Å². The van der Waals surface area contributed by atoms with Crippen molar-refractivity contribution in [3.05, 3.63) is 112 Å². The molecule has 0 saturated carbocycles. The Labute approximate surface area is 308 Å². The van der Waals surface area contributed by atoms with Crippen molar-refractivity contribution in [1.29, 1.82) is 0 Å². The standard InChI is InChI=1S/C42H46O11/c1-24-31(51-33(45)18-16-27-15-17-28-11-9-10-14-30(28)21-27)22-42(49)38(52-39(48)29-12-7-6-8-13-29)35(25(2)36(46)37(47)34(24)40(42,4)5)41(53-26(3)44)23-50-32(41)19-20-43/h6-18,21,31-32,35,37-38,43,46-47,49H,19-20,22-23H2,1-5H3/b18-16+,36-25+/t31-,32?,35+,37+,38-,41-,42+/m0/s1. The number of carbonyl (C=O) groups excluding carboxylic acids is 3. The number of esters is 3. The van der Waals surface area contributed by atoms with E-state index in [9.17, 15) is 34.8 Å². The van der Waals surface area contributed by atoms with Crippen molar-refractivity contribution >= 4 is 34.8 Å². The Morgan fingerprint density at radius 2 is 1.62 bits per heavy atom. The van der Waals surface area contributed by atoms with Gasteiger partial charge in [0.1, 0.15) is 35.8 Å². The van der Waals surface area contributed by atoms with Crippen LogP contribution < -0.4 is 0 Å². The number of carbonyl (C=O) groups is 3. The topological polar surface area (TPSA) is 169 Å². The summed E-state index contributed by atoms with van der Waals surface area (Å²) in [5.74, 6) is -4.06. The van der Waals surface area contributed by atoms with E-state index < -0.39 is 70.6 Å². The Bertz CT molecular complexity index is 2000. The zero-order valence-electron chi connectivity index (χ0n) is 30.4. The Morgan fingerprint density at radius 1 is 0.943 bits per heavy atom. The maximum Gasteiger partial charge on any atom is 0.338 e. The van der Waals surface area contributed by atoms with Gasteiger partial charge in [0, 0.05) is 37.9 Å². The molecule has 0 amide bonds. The normalized spacial score (nSPS) is 31.0. The van der Waals surface area contributed by atoms with Crippen molar-refractivity contribution < 1.29 is 53.8 Å². The molecule has 0 aromatic heterocycles. The molecule has 7 atom stereocenters. The van der Waals surface area contributed by atoms with E-state index in [2.05, 4.69) is 0 Å². The minimum Gasteiger partial charge on any atom is -0.509 e. The lowest BCUT2D eigenvalue weighted by Crippen LogP contribution is -2.73. The van der Waals surface area contributed by atoms with E-state index in [1.807, 2.05) is 42.5 Å². The predicted molar refractivity (Wildman–Crippen MR) is 195 cm³/mol. The van der Waals surface area contributed by atoms with Crippen molar-refractivity contribution in [2.75, 3.05) is 13.2 Å². The highest BCUT2D eigenvalue weighted by Crippen LogP contribution is 2.59. The van der Waals surface area contributed by atoms with Gasteiger partial charge in [-0.05, 0) is 71.2 Å². The van der Waals surface area contributed by atoms with Crippen LogP contribution in [0.3, 0.4) is 0 Å². The fourth-order valence-electron chi connectivity index (χ4n) is 8.49. The van der Waals surface area contributed by atoms with Crippen molar-refractivity contribution in [3.8, 4) is 0 Å². The second kappa shape index (κ2) is 14.5. The molecule has 1 saturated heterocycles. The summed E-state index contributed by atoms with van der Waals surface area (Å²) >= 11 is 0. The second-order valence-corrected chi connectivity index (χ2v) is 14.7. The molecule has 1 heterocycles. The summed E-state index contributed by atoms with van der Waals surface area (Å²) in [7, 11) is 0. The molecule has 0 radical (unpaired) electrons. The molecular weight excluding hydrogens is 680 g/mol. The third-order valence-corrected chi connectivity index (χ3v) is 11.3. The number of benzene rings is 3. The molecule has 1 unspecified atom stereocenters. The summed E-state index contributed by atoms with van der Waals surface area (Å²) < 4.78 is 24.1. The van der Waals surface area contributed by atoms with E-state index in [4.69, 9.17) is 18.9 Å². The first kappa shape index (κ1) is 37.9. The van der Waals surface area contributed by atoms with Crippen molar-refractivity contribution in [1.82, 2.24) is 0 Å². The van der Waals surface area contributed by atoms with Gasteiger partial charge in [-0.25, -0.2) is 9.59 Å². The molecular formula is C42H46O11. The van der Waals surface area contributed by atoms with Crippen LogP contribution in [-0.2, 0) is 28.5 Å². The number of hydrogen-bond acceptors (Lipinski definition) is 11. The van der Waals surface area contributed by atoms with Gasteiger partial charge >= 0.3 is 17.9 Å².